The van der Waals surface area contributed by atoms with Gasteiger partial charge in [-0.1, -0.05) is 29.8 Å². The summed E-state index contributed by atoms with van der Waals surface area (Å²) in [5, 5.41) is 0.619. The average Bonchev–Trinajstić information content (AvgIpc) is 2.96. The summed E-state index contributed by atoms with van der Waals surface area (Å²) in [4.78, 5) is 42.2. The van der Waals surface area contributed by atoms with Gasteiger partial charge in [0.25, 0.3) is 5.91 Å². The van der Waals surface area contributed by atoms with Crippen LogP contribution in [0.25, 0.3) is 0 Å². The highest BCUT2D eigenvalue weighted by Crippen LogP contribution is 2.38. The van der Waals surface area contributed by atoms with Crippen molar-refractivity contribution in [3.63, 3.8) is 0 Å². The van der Waals surface area contributed by atoms with Gasteiger partial charge in [-0.3, -0.25) is 14.4 Å². The molecule has 1 heterocycles. The van der Waals surface area contributed by atoms with E-state index in [1.807, 2.05) is 43.3 Å². The second kappa shape index (κ2) is 13.3. The van der Waals surface area contributed by atoms with E-state index in [9.17, 15) is 14.4 Å². The molecule has 0 spiro atoms. The van der Waals surface area contributed by atoms with Crippen molar-refractivity contribution < 1.29 is 23.9 Å². The molecule has 0 fully saturated rings. The summed E-state index contributed by atoms with van der Waals surface area (Å²) in [5.74, 6) is -0.0931. The fourth-order valence-corrected chi connectivity index (χ4v) is 4.92. The summed E-state index contributed by atoms with van der Waals surface area (Å²) < 4.78 is 10.6. The van der Waals surface area contributed by atoms with E-state index in [-0.39, 0.29) is 23.7 Å². The Labute approximate surface area is 234 Å². The minimum atomic E-state index is -0.355. The molecular formula is C31H33ClN2O5. The SMILES string of the molecule is CCOC(=O)CCCOc1ccc(C(=O)N2CC[C@H](C(=O)N(CC)c3ccc(Cl)cc3)c3ccccc32)cc1. The molecule has 0 radical (unpaired) electrons. The largest absolute Gasteiger partial charge is 0.494 e. The van der Waals surface area contributed by atoms with E-state index in [1.54, 1.807) is 53.1 Å². The van der Waals surface area contributed by atoms with Crippen LogP contribution < -0.4 is 14.5 Å². The highest BCUT2D eigenvalue weighted by Gasteiger charge is 2.35. The second-order valence-electron chi connectivity index (χ2n) is 9.20. The number of esters is 1. The minimum Gasteiger partial charge on any atom is -0.494 e. The van der Waals surface area contributed by atoms with Gasteiger partial charge in [0.15, 0.2) is 0 Å². The van der Waals surface area contributed by atoms with Crippen molar-refractivity contribution in [3.05, 3.63) is 88.9 Å². The van der Waals surface area contributed by atoms with Crippen LogP contribution in [-0.4, -0.2) is 44.1 Å². The highest BCUT2D eigenvalue weighted by atomic mass is 35.5. The second-order valence-corrected chi connectivity index (χ2v) is 9.63. The van der Waals surface area contributed by atoms with E-state index in [0.29, 0.717) is 61.9 Å². The molecule has 0 saturated carbocycles. The fraction of sp³-hybridized carbons (Fsp3) is 0.323. The predicted octanol–water partition coefficient (Wildman–Crippen LogP) is 6.25. The number of anilines is 2. The highest BCUT2D eigenvalue weighted by molar-refractivity contribution is 6.30. The molecule has 204 valence electrons. The lowest BCUT2D eigenvalue weighted by Crippen LogP contribution is -2.42. The van der Waals surface area contributed by atoms with E-state index < -0.39 is 0 Å². The monoisotopic (exact) mass is 548 g/mol. The number of amides is 2. The average molecular weight is 549 g/mol. The summed E-state index contributed by atoms with van der Waals surface area (Å²) in [6.07, 6.45) is 1.38. The van der Waals surface area contributed by atoms with Crippen LogP contribution in [0.2, 0.25) is 5.02 Å². The molecule has 0 saturated heterocycles. The lowest BCUT2D eigenvalue weighted by atomic mass is 9.88. The van der Waals surface area contributed by atoms with Gasteiger partial charge in [0.2, 0.25) is 5.91 Å². The molecule has 1 aliphatic rings. The number of para-hydroxylation sites is 1. The predicted molar refractivity (Wildman–Crippen MR) is 153 cm³/mol. The van der Waals surface area contributed by atoms with Gasteiger partial charge in [0.05, 0.1) is 19.1 Å². The Balaban J connectivity index is 1.45. The fourth-order valence-electron chi connectivity index (χ4n) is 4.79. The number of likely N-dealkylation sites (N-methyl/N-ethyl adjacent to an activating group) is 1. The normalized spacial score (nSPS) is 14.3. The molecule has 1 aliphatic heterocycles. The molecule has 3 aromatic carbocycles. The van der Waals surface area contributed by atoms with Crippen LogP contribution in [0.3, 0.4) is 0 Å². The van der Waals surface area contributed by atoms with Gasteiger partial charge in [-0.15, -0.1) is 0 Å². The van der Waals surface area contributed by atoms with Crippen LogP contribution in [0.1, 0.15) is 54.9 Å². The third kappa shape index (κ3) is 6.79. The number of nitrogens with zero attached hydrogens (tertiary/aromatic N) is 2. The van der Waals surface area contributed by atoms with Crippen molar-refractivity contribution >= 4 is 40.8 Å². The Kier molecular flexibility index (Phi) is 9.60. The van der Waals surface area contributed by atoms with Gasteiger partial charge in [0, 0.05) is 41.5 Å². The van der Waals surface area contributed by atoms with Crippen molar-refractivity contribution in [3.8, 4) is 5.75 Å². The molecule has 3 aromatic rings. The van der Waals surface area contributed by atoms with Crippen molar-refractivity contribution in [2.24, 2.45) is 0 Å². The van der Waals surface area contributed by atoms with Crippen LogP contribution in [0, 0.1) is 0 Å². The minimum absolute atomic E-state index is 0.00355. The zero-order valence-electron chi connectivity index (χ0n) is 22.3. The van der Waals surface area contributed by atoms with Crippen molar-refractivity contribution in [1.82, 2.24) is 0 Å². The topological polar surface area (TPSA) is 76.1 Å². The van der Waals surface area contributed by atoms with Crippen molar-refractivity contribution in [2.45, 2.75) is 39.0 Å². The first-order chi connectivity index (χ1) is 18.9. The molecule has 4 rings (SSSR count). The Morgan fingerprint density at radius 1 is 0.974 bits per heavy atom. The Bertz CT molecular complexity index is 1290. The number of hydrogen-bond donors (Lipinski definition) is 0. The smallest absolute Gasteiger partial charge is 0.305 e. The number of hydrogen-bond acceptors (Lipinski definition) is 5. The summed E-state index contributed by atoms with van der Waals surface area (Å²) in [5.41, 5.74) is 2.92. The number of ether oxygens (including phenoxy) is 2. The van der Waals surface area contributed by atoms with Gasteiger partial charge in [-0.2, -0.15) is 0 Å². The molecule has 7 nitrogen and oxygen atoms in total. The molecule has 2 amide bonds. The van der Waals surface area contributed by atoms with Gasteiger partial charge < -0.3 is 19.3 Å². The van der Waals surface area contributed by atoms with Crippen molar-refractivity contribution in [1.29, 1.82) is 0 Å². The van der Waals surface area contributed by atoms with E-state index in [1.165, 1.54) is 0 Å². The zero-order valence-corrected chi connectivity index (χ0v) is 23.0. The number of benzene rings is 3. The van der Waals surface area contributed by atoms with Gasteiger partial charge in [-0.25, -0.2) is 0 Å². The zero-order chi connectivity index (χ0) is 27.8. The molecule has 0 aliphatic carbocycles. The summed E-state index contributed by atoms with van der Waals surface area (Å²) in [7, 11) is 0. The maximum Gasteiger partial charge on any atom is 0.305 e. The van der Waals surface area contributed by atoms with Crippen LogP contribution >= 0.6 is 11.6 Å². The van der Waals surface area contributed by atoms with E-state index in [4.69, 9.17) is 21.1 Å². The van der Waals surface area contributed by atoms with Gasteiger partial charge in [-0.05, 0) is 86.8 Å². The molecule has 0 unspecified atom stereocenters. The van der Waals surface area contributed by atoms with Crippen LogP contribution in [0.5, 0.6) is 5.75 Å². The van der Waals surface area contributed by atoms with E-state index >= 15 is 0 Å². The Hall–Kier alpha value is -3.84. The molecular weight excluding hydrogens is 516 g/mol. The quantitative estimate of drug-likeness (QED) is 0.221. The van der Waals surface area contributed by atoms with Crippen LogP contribution in [0.4, 0.5) is 11.4 Å². The maximum absolute atomic E-state index is 13.7. The van der Waals surface area contributed by atoms with E-state index in [0.717, 1.165) is 16.9 Å². The van der Waals surface area contributed by atoms with E-state index in [2.05, 4.69) is 0 Å². The summed E-state index contributed by atoms with van der Waals surface area (Å²) in [6, 6.07) is 21.9. The first-order valence-electron chi connectivity index (χ1n) is 13.3. The maximum atomic E-state index is 13.7. The standard InChI is InChI=1S/C31H33ClN2O5/c1-3-33(24-15-13-23(32)14-16-24)31(37)27-19-20-34(28-9-6-5-8-26(27)28)30(36)22-11-17-25(18-12-22)39-21-7-10-29(35)38-4-2/h5-6,8-9,11-18,27H,3-4,7,10,19-21H2,1-2H3/t27-/m0/s1. The van der Waals surface area contributed by atoms with Crippen molar-refractivity contribution in [2.75, 3.05) is 36.1 Å². The molecule has 1 atom stereocenters. The van der Waals surface area contributed by atoms with Crippen LogP contribution in [-0.2, 0) is 14.3 Å². The summed E-state index contributed by atoms with van der Waals surface area (Å²) in [6.45, 7) is 5.43. The molecule has 0 aromatic heterocycles. The third-order valence-corrected chi connectivity index (χ3v) is 6.96. The van der Waals surface area contributed by atoms with Crippen LogP contribution in [0.15, 0.2) is 72.8 Å². The Morgan fingerprint density at radius 2 is 1.69 bits per heavy atom. The number of rotatable bonds is 10. The first kappa shape index (κ1) is 28.2. The number of carbonyl (C=O) groups is 3. The summed E-state index contributed by atoms with van der Waals surface area (Å²) >= 11 is 6.04. The lowest BCUT2D eigenvalue weighted by Gasteiger charge is -2.36. The Morgan fingerprint density at radius 3 is 2.38 bits per heavy atom. The number of carbonyl (C=O) groups excluding carboxylic acids is 3. The third-order valence-electron chi connectivity index (χ3n) is 6.71. The first-order valence-corrected chi connectivity index (χ1v) is 13.7. The number of fused-ring (bicyclic) bond motifs is 1. The molecule has 0 N–H and O–H groups in total. The molecule has 8 heteroatoms. The molecule has 39 heavy (non-hydrogen) atoms. The lowest BCUT2D eigenvalue weighted by molar-refractivity contribution is -0.143. The van der Waals surface area contributed by atoms with Gasteiger partial charge in [0.1, 0.15) is 5.75 Å². The number of halogens is 1. The molecule has 0 bridgehead atoms. The van der Waals surface area contributed by atoms with Gasteiger partial charge >= 0.3 is 5.97 Å².